The number of ketones is 1. The van der Waals surface area contributed by atoms with Gasteiger partial charge in [-0.2, -0.15) is 0 Å². The lowest BCUT2D eigenvalue weighted by Gasteiger charge is -2.01. The van der Waals surface area contributed by atoms with Crippen molar-refractivity contribution < 1.29 is 4.79 Å². The summed E-state index contributed by atoms with van der Waals surface area (Å²) < 4.78 is 0. The van der Waals surface area contributed by atoms with Crippen molar-refractivity contribution in [3.05, 3.63) is 57.8 Å². The molecule has 98 valence electrons. The van der Waals surface area contributed by atoms with E-state index in [0.29, 0.717) is 5.57 Å². The van der Waals surface area contributed by atoms with Gasteiger partial charge in [0.05, 0.1) is 4.88 Å². The van der Waals surface area contributed by atoms with Crippen molar-refractivity contribution in [3.8, 4) is 11.1 Å². The first kappa shape index (κ1) is 13.8. The molecule has 0 aliphatic heterocycles. The summed E-state index contributed by atoms with van der Waals surface area (Å²) in [6, 6.07) is 10.5. The van der Waals surface area contributed by atoms with Gasteiger partial charge in [0.25, 0.3) is 0 Å². The molecular formula is C17H18OS. The van der Waals surface area contributed by atoms with Gasteiger partial charge in [0.2, 0.25) is 0 Å². The summed E-state index contributed by atoms with van der Waals surface area (Å²) >= 11 is 1.55. The summed E-state index contributed by atoms with van der Waals surface area (Å²) in [6.45, 7) is 9.69. The molecule has 2 heteroatoms. The molecule has 0 aliphatic carbocycles. The molecule has 0 fully saturated rings. The predicted octanol–water partition coefficient (Wildman–Crippen LogP) is 5.04. The highest BCUT2D eigenvalue weighted by Crippen LogP contribution is 2.32. The van der Waals surface area contributed by atoms with Crippen LogP contribution in [0, 0.1) is 6.92 Å². The first-order valence-corrected chi connectivity index (χ1v) is 7.24. The fourth-order valence-corrected chi connectivity index (χ4v) is 3.07. The molecule has 1 heterocycles. The third-order valence-corrected chi connectivity index (χ3v) is 4.25. The number of hydrogen-bond acceptors (Lipinski definition) is 2. The average molecular weight is 270 g/mol. The van der Waals surface area contributed by atoms with Gasteiger partial charge in [0.1, 0.15) is 0 Å². The van der Waals surface area contributed by atoms with E-state index in [1.807, 2.05) is 6.07 Å². The van der Waals surface area contributed by atoms with Crippen LogP contribution in [-0.2, 0) is 6.42 Å². The SMILES string of the molecule is C=C(C)C(=O)c1cc(-c2ccc(CC)cc2)c(C)s1. The number of thiophene rings is 1. The minimum absolute atomic E-state index is 0.0459. The number of Topliss-reactive ketones (excluding diaryl/α,β-unsaturated/α-hetero) is 1. The number of hydrogen-bond donors (Lipinski definition) is 0. The molecule has 2 rings (SSSR count). The van der Waals surface area contributed by atoms with Gasteiger partial charge in [-0.15, -0.1) is 11.3 Å². The van der Waals surface area contributed by atoms with Gasteiger partial charge in [0, 0.05) is 4.88 Å². The molecule has 0 saturated carbocycles. The first-order valence-electron chi connectivity index (χ1n) is 6.43. The van der Waals surface area contributed by atoms with Crippen molar-refractivity contribution in [1.82, 2.24) is 0 Å². The lowest BCUT2D eigenvalue weighted by Crippen LogP contribution is -1.95. The van der Waals surface area contributed by atoms with E-state index in [-0.39, 0.29) is 5.78 Å². The molecule has 0 amide bonds. The molecule has 1 aromatic carbocycles. The van der Waals surface area contributed by atoms with Crippen LogP contribution < -0.4 is 0 Å². The van der Waals surface area contributed by atoms with Crippen molar-refractivity contribution in [2.45, 2.75) is 27.2 Å². The number of carbonyl (C=O) groups excluding carboxylic acids is 1. The van der Waals surface area contributed by atoms with E-state index in [1.165, 1.54) is 16.0 Å². The molecule has 0 radical (unpaired) electrons. The maximum atomic E-state index is 12.0. The largest absolute Gasteiger partial charge is 0.288 e. The van der Waals surface area contributed by atoms with Crippen LogP contribution in [0.25, 0.3) is 11.1 Å². The predicted molar refractivity (Wildman–Crippen MR) is 83.0 cm³/mol. The maximum absolute atomic E-state index is 12.0. The summed E-state index contributed by atoms with van der Waals surface area (Å²) in [6.07, 6.45) is 1.04. The highest BCUT2D eigenvalue weighted by Gasteiger charge is 2.13. The number of allylic oxidation sites excluding steroid dienone is 1. The molecule has 0 unspecified atom stereocenters. The first-order chi connectivity index (χ1) is 9.02. The Hall–Kier alpha value is -1.67. The van der Waals surface area contributed by atoms with E-state index < -0.39 is 0 Å². The van der Waals surface area contributed by atoms with Gasteiger partial charge in [-0.05, 0) is 48.6 Å². The van der Waals surface area contributed by atoms with Crippen molar-refractivity contribution in [3.63, 3.8) is 0 Å². The van der Waals surface area contributed by atoms with Crippen LogP contribution >= 0.6 is 11.3 Å². The van der Waals surface area contributed by atoms with Crippen LogP contribution in [0.1, 0.15) is 34.0 Å². The topological polar surface area (TPSA) is 17.1 Å². The Kier molecular flexibility index (Phi) is 4.01. The van der Waals surface area contributed by atoms with Crippen molar-refractivity contribution in [1.29, 1.82) is 0 Å². The molecule has 0 atom stereocenters. The quantitative estimate of drug-likeness (QED) is 0.561. The van der Waals surface area contributed by atoms with Gasteiger partial charge >= 0.3 is 0 Å². The Morgan fingerprint density at radius 1 is 1.26 bits per heavy atom. The molecule has 1 nitrogen and oxygen atoms in total. The standard InChI is InChI=1S/C17H18OS/c1-5-13-6-8-14(9-7-13)15-10-16(19-12(15)4)17(18)11(2)3/h6-10H,2,5H2,1,3-4H3. The molecule has 0 N–H and O–H groups in total. The lowest BCUT2D eigenvalue weighted by molar-refractivity contribution is 0.103. The molecule has 19 heavy (non-hydrogen) atoms. The summed E-state index contributed by atoms with van der Waals surface area (Å²) in [7, 11) is 0. The third-order valence-electron chi connectivity index (χ3n) is 3.20. The van der Waals surface area contributed by atoms with E-state index in [4.69, 9.17) is 0 Å². The average Bonchev–Trinajstić information content (AvgIpc) is 2.80. The van der Waals surface area contributed by atoms with Crippen molar-refractivity contribution in [2.24, 2.45) is 0 Å². The van der Waals surface area contributed by atoms with E-state index in [0.717, 1.165) is 16.9 Å². The second kappa shape index (κ2) is 5.54. The summed E-state index contributed by atoms with van der Waals surface area (Å²) in [5, 5.41) is 0. The van der Waals surface area contributed by atoms with Gasteiger partial charge in [-0.25, -0.2) is 0 Å². The van der Waals surface area contributed by atoms with E-state index in [2.05, 4.69) is 44.7 Å². The fraction of sp³-hybridized carbons (Fsp3) is 0.235. The Balaban J connectivity index is 2.39. The van der Waals surface area contributed by atoms with Gasteiger partial charge in [-0.3, -0.25) is 4.79 Å². The fourth-order valence-electron chi connectivity index (χ4n) is 2.01. The van der Waals surface area contributed by atoms with E-state index in [1.54, 1.807) is 18.3 Å². The van der Waals surface area contributed by atoms with E-state index >= 15 is 0 Å². The summed E-state index contributed by atoms with van der Waals surface area (Å²) in [5.41, 5.74) is 4.24. The minimum atomic E-state index is 0.0459. The monoisotopic (exact) mass is 270 g/mol. The smallest absolute Gasteiger partial charge is 0.198 e. The summed E-state index contributed by atoms with van der Waals surface area (Å²) in [4.78, 5) is 13.9. The number of rotatable bonds is 4. The second-order valence-electron chi connectivity index (χ2n) is 4.74. The Morgan fingerprint density at radius 2 is 1.89 bits per heavy atom. The van der Waals surface area contributed by atoms with Crippen LogP contribution in [0.15, 0.2) is 42.5 Å². The molecule has 0 aliphatic rings. The maximum Gasteiger partial charge on any atom is 0.198 e. The zero-order chi connectivity index (χ0) is 14.0. The zero-order valence-corrected chi connectivity index (χ0v) is 12.4. The lowest BCUT2D eigenvalue weighted by atomic mass is 10.0. The van der Waals surface area contributed by atoms with Crippen LogP contribution in [-0.4, -0.2) is 5.78 Å². The Morgan fingerprint density at radius 3 is 2.42 bits per heavy atom. The highest BCUT2D eigenvalue weighted by molar-refractivity contribution is 7.14. The zero-order valence-electron chi connectivity index (χ0n) is 11.6. The Bertz CT molecular complexity index is 617. The minimum Gasteiger partial charge on any atom is -0.288 e. The second-order valence-corrected chi connectivity index (χ2v) is 6.00. The molecule has 0 saturated heterocycles. The van der Waals surface area contributed by atoms with Crippen LogP contribution in [0.4, 0.5) is 0 Å². The van der Waals surface area contributed by atoms with Crippen LogP contribution in [0.2, 0.25) is 0 Å². The molecule has 1 aromatic heterocycles. The van der Waals surface area contributed by atoms with Crippen molar-refractivity contribution in [2.75, 3.05) is 0 Å². The highest BCUT2D eigenvalue weighted by atomic mass is 32.1. The van der Waals surface area contributed by atoms with Crippen LogP contribution in [0.3, 0.4) is 0 Å². The normalized spacial score (nSPS) is 10.5. The number of benzene rings is 1. The Labute approximate surface area is 118 Å². The molecular weight excluding hydrogens is 252 g/mol. The number of aryl methyl sites for hydroxylation is 2. The van der Waals surface area contributed by atoms with E-state index in [9.17, 15) is 4.79 Å². The number of carbonyl (C=O) groups is 1. The molecule has 0 spiro atoms. The van der Waals surface area contributed by atoms with Crippen molar-refractivity contribution >= 4 is 17.1 Å². The van der Waals surface area contributed by atoms with Crippen LogP contribution in [0.5, 0.6) is 0 Å². The molecule has 0 bridgehead atoms. The van der Waals surface area contributed by atoms with Gasteiger partial charge in [-0.1, -0.05) is 37.8 Å². The third kappa shape index (κ3) is 2.85. The van der Waals surface area contributed by atoms with Gasteiger partial charge in [0.15, 0.2) is 5.78 Å². The van der Waals surface area contributed by atoms with Gasteiger partial charge < -0.3 is 0 Å². The summed E-state index contributed by atoms with van der Waals surface area (Å²) in [5.74, 6) is 0.0459. The molecule has 2 aromatic rings.